The molecule has 3 aromatic rings. The Morgan fingerprint density at radius 1 is 1.24 bits per heavy atom. The predicted octanol–water partition coefficient (Wildman–Crippen LogP) is -3.69. The number of nitrogens with zero attached hydrogens (tertiary/aromatic N) is 4. The van der Waals surface area contributed by atoms with Crippen LogP contribution in [0.4, 0.5) is 23.7 Å². The van der Waals surface area contributed by atoms with Crippen LogP contribution in [-0.4, -0.2) is 50.8 Å². The Morgan fingerprint density at radius 3 is 2.53 bits per heavy atom. The van der Waals surface area contributed by atoms with Crippen molar-refractivity contribution in [3.8, 4) is 0 Å². The Morgan fingerprint density at radius 2 is 1.92 bits per heavy atom. The molecule has 3 heterocycles. The van der Waals surface area contributed by atoms with Gasteiger partial charge in [-0.05, 0) is 36.7 Å². The number of aliphatic carboxylic acids is 1. The third kappa shape index (κ3) is 10.3. The molecule has 0 radical (unpaired) electrons. The number of carbonyl (C=O) groups excluding carboxylic acids is 1. The number of rotatable bonds is 7. The minimum Gasteiger partial charge on any atom is -0.652 e. The third-order valence-electron chi connectivity index (χ3n) is 5.47. The molecule has 0 spiro atoms. The molecule has 1 fully saturated rings. The minimum atomic E-state index is -2.72. The number of carbonyl (C=O) groups is 2. The van der Waals surface area contributed by atoms with Crippen LogP contribution >= 0.6 is 11.8 Å². The number of fused-ring (bicyclic) bond motifs is 1. The molecular weight excluding hydrogens is 580 g/mol. The second-order valence-electron chi connectivity index (χ2n) is 8.10. The first-order valence-electron chi connectivity index (χ1n) is 11.0. The maximum Gasteiger partial charge on any atom is 1.00 e. The van der Waals surface area contributed by atoms with Gasteiger partial charge >= 0.3 is 109 Å². The first kappa shape index (κ1) is 35.8. The van der Waals surface area contributed by atoms with E-state index in [2.05, 4.69) is 9.97 Å². The normalized spacial score (nSPS) is 14.1. The van der Waals surface area contributed by atoms with E-state index in [4.69, 9.17) is 20.1 Å². The van der Waals surface area contributed by atoms with Gasteiger partial charge in [0.15, 0.2) is 5.16 Å². The molecule has 4 rings (SSSR count). The summed E-state index contributed by atoms with van der Waals surface area (Å²) < 4.78 is 43.8. The van der Waals surface area contributed by atoms with Crippen LogP contribution in [0.2, 0.25) is 0 Å². The van der Waals surface area contributed by atoms with Crippen molar-refractivity contribution < 1.29 is 141 Å². The second kappa shape index (κ2) is 16.3. The van der Waals surface area contributed by atoms with Gasteiger partial charge < -0.3 is 29.6 Å². The zero-order valence-electron chi connectivity index (χ0n) is 21.2. The SMILES string of the molecule is CCn1cc(N2CCCC(F)(F)C2)c2nc(SCc3ccc(F)c(CC(=O)O)c3)ncc21.O=C([O-])[O-].[K+].[K+]. The van der Waals surface area contributed by atoms with Gasteiger partial charge in [0.1, 0.15) is 11.3 Å². The molecule has 1 aromatic carbocycles. The summed E-state index contributed by atoms with van der Waals surface area (Å²) in [7, 11) is 0. The Kier molecular flexibility index (Phi) is 15.4. The molecular formula is C23H23F3K2N4O5S. The molecule has 2 aromatic heterocycles. The molecule has 0 aliphatic carbocycles. The fourth-order valence-electron chi connectivity index (χ4n) is 3.93. The number of halogens is 3. The van der Waals surface area contributed by atoms with Gasteiger partial charge in [-0.25, -0.2) is 23.1 Å². The number of piperidine rings is 1. The maximum absolute atomic E-state index is 14.0. The molecule has 9 nitrogen and oxygen atoms in total. The number of hydrogen-bond acceptors (Lipinski definition) is 8. The summed E-state index contributed by atoms with van der Waals surface area (Å²) in [5.41, 5.74) is 2.97. The van der Waals surface area contributed by atoms with Crippen LogP contribution in [-0.2, 0) is 23.5 Å². The van der Waals surface area contributed by atoms with Crippen LogP contribution in [0.5, 0.6) is 0 Å². The Hall–Kier alpha value is -0.207. The van der Waals surface area contributed by atoms with E-state index < -0.39 is 23.9 Å². The van der Waals surface area contributed by atoms with Crippen molar-refractivity contribution in [1.29, 1.82) is 0 Å². The van der Waals surface area contributed by atoms with Gasteiger partial charge in [0.2, 0.25) is 0 Å². The standard InChI is InChI=1S/C22H23F3N4O2S.CH2O3.2K/c1-2-28-11-18(29-7-3-6-22(24,25)13-29)20-17(28)10-26-21(27-20)32-12-14-4-5-16(23)15(8-14)9-19(30)31;2-1(3)4;;/h4-5,8,10-11H,2-3,6-7,9,12-13H2,1H3,(H,30,31);(H2,2,3,4);;/q;;2*+1/p-2. The van der Waals surface area contributed by atoms with E-state index in [1.165, 1.54) is 23.9 Å². The van der Waals surface area contributed by atoms with Crippen molar-refractivity contribution in [2.24, 2.45) is 0 Å². The molecule has 1 aliphatic heterocycles. The quantitative estimate of drug-likeness (QED) is 0.165. The predicted molar refractivity (Wildman–Crippen MR) is 122 cm³/mol. The average molecular weight is 603 g/mol. The van der Waals surface area contributed by atoms with Crippen LogP contribution < -0.4 is 118 Å². The monoisotopic (exact) mass is 602 g/mol. The van der Waals surface area contributed by atoms with E-state index in [1.807, 2.05) is 17.7 Å². The number of alkyl halides is 2. The zero-order chi connectivity index (χ0) is 26.5. The molecule has 38 heavy (non-hydrogen) atoms. The molecule has 0 amide bonds. The smallest absolute Gasteiger partial charge is 0.652 e. The number of benzene rings is 1. The van der Waals surface area contributed by atoms with E-state index in [1.54, 1.807) is 17.2 Å². The van der Waals surface area contributed by atoms with Crippen molar-refractivity contribution in [1.82, 2.24) is 14.5 Å². The Bertz CT molecular complexity index is 1260. The van der Waals surface area contributed by atoms with Crippen LogP contribution in [0.1, 0.15) is 30.9 Å². The first-order chi connectivity index (χ1) is 17.0. The molecule has 15 heteroatoms. The summed E-state index contributed by atoms with van der Waals surface area (Å²) in [4.78, 5) is 30.0. The average Bonchev–Trinajstić information content (AvgIpc) is 3.16. The molecule has 0 bridgehead atoms. The summed E-state index contributed by atoms with van der Waals surface area (Å²) in [6.45, 7) is 2.86. The number of aryl methyl sites for hydroxylation is 1. The molecule has 1 saturated heterocycles. The Balaban J connectivity index is 0.00000113. The fraction of sp³-hybridized carbons (Fsp3) is 0.391. The van der Waals surface area contributed by atoms with Crippen LogP contribution in [0.3, 0.4) is 0 Å². The topological polar surface area (TPSA) is 134 Å². The minimum absolute atomic E-state index is 0. The van der Waals surface area contributed by atoms with Crippen molar-refractivity contribution in [2.75, 3.05) is 18.0 Å². The number of carboxylic acids is 1. The molecule has 0 atom stereocenters. The van der Waals surface area contributed by atoms with Crippen LogP contribution in [0, 0.1) is 5.82 Å². The van der Waals surface area contributed by atoms with Crippen LogP contribution in [0.25, 0.3) is 11.0 Å². The molecule has 1 aliphatic rings. The van der Waals surface area contributed by atoms with Crippen molar-refractivity contribution in [3.05, 3.63) is 47.5 Å². The molecule has 194 valence electrons. The number of anilines is 1. The van der Waals surface area contributed by atoms with E-state index >= 15 is 0 Å². The van der Waals surface area contributed by atoms with Gasteiger partial charge in [-0.2, -0.15) is 0 Å². The van der Waals surface area contributed by atoms with E-state index in [0.29, 0.717) is 41.6 Å². The van der Waals surface area contributed by atoms with Gasteiger partial charge in [-0.1, -0.05) is 23.9 Å². The zero-order valence-corrected chi connectivity index (χ0v) is 28.3. The summed E-state index contributed by atoms with van der Waals surface area (Å²) in [6.07, 6.45) is 1.14. The van der Waals surface area contributed by atoms with Gasteiger partial charge in [0.05, 0.1) is 30.4 Å². The fourth-order valence-corrected chi connectivity index (χ4v) is 4.69. The summed E-state index contributed by atoms with van der Waals surface area (Å²) >= 11 is 1.33. The van der Waals surface area contributed by atoms with Crippen molar-refractivity contribution in [2.45, 2.75) is 49.6 Å². The van der Waals surface area contributed by atoms with Gasteiger partial charge in [-0.15, -0.1) is 0 Å². The summed E-state index contributed by atoms with van der Waals surface area (Å²) in [6, 6.07) is 4.39. The second-order valence-corrected chi connectivity index (χ2v) is 9.05. The number of thioether (sulfide) groups is 1. The number of aromatic nitrogens is 3. The molecule has 0 unspecified atom stereocenters. The molecule has 1 N–H and O–H groups in total. The van der Waals surface area contributed by atoms with Gasteiger partial charge in [0.25, 0.3) is 5.92 Å². The Labute approximate surface area is 306 Å². The van der Waals surface area contributed by atoms with Gasteiger partial charge in [-0.3, -0.25) is 4.79 Å². The summed E-state index contributed by atoms with van der Waals surface area (Å²) in [5.74, 6) is -3.95. The van der Waals surface area contributed by atoms with E-state index in [9.17, 15) is 18.0 Å². The largest absolute Gasteiger partial charge is 1.00 e. The van der Waals surface area contributed by atoms with Gasteiger partial charge in [0, 0.05) is 31.5 Å². The van der Waals surface area contributed by atoms with Crippen molar-refractivity contribution >= 4 is 40.6 Å². The molecule has 0 saturated carbocycles. The summed E-state index contributed by atoms with van der Waals surface area (Å²) in [5, 5.41) is 26.1. The van der Waals surface area contributed by atoms with Crippen molar-refractivity contribution in [3.63, 3.8) is 0 Å². The maximum atomic E-state index is 14.0. The number of hydrogen-bond donors (Lipinski definition) is 1. The van der Waals surface area contributed by atoms with E-state index in [-0.39, 0.29) is 128 Å². The van der Waals surface area contributed by atoms with Crippen LogP contribution in [0.15, 0.2) is 35.7 Å². The third-order valence-corrected chi connectivity index (χ3v) is 6.40. The first-order valence-corrected chi connectivity index (χ1v) is 12.0. The van der Waals surface area contributed by atoms with E-state index in [0.717, 1.165) is 11.1 Å². The number of carboxylic acid groups (broad SMARTS) is 3.